The van der Waals surface area contributed by atoms with Crippen LogP contribution in [0, 0.1) is 5.92 Å². The monoisotopic (exact) mass is 662 g/mol. The lowest BCUT2D eigenvalue weighted by molar-refractivity contribution is -0.147. The minimum atomic E-state index is -1.04. The number of carbonyl (C=O) groups excluding carboxylic acids is 5. The molecule has 4 rings (SSSR count). The van der Waals surface area contributed by atoms with Crippen molar-refractivity contribution in [2.75, 3.05) is 13.1 Å². The summed E-state index contributed by atoms with van der Waals surface area (Å²) in [7, 11) is 0. The van der Waals surface area contributed by atoms with Gasteiger partial charge in [-0.1, -0.05) is 63.3 Å². The largest absolute Gasteiger partial charge is 0.347 e. The Morgan fingerprint density at radius 2 is 1.75 bits per heavy atom. The number of hydrogen-bond acceptors (Lipinski definition) is 6. The molecule has 2 unspecified atom stereocenters. The third-order valence-corrected chi connectivity index (χ3v) is 9.77. The van der Waals surface area contributed by atoms with Gasteiger partial charge in [-0.2, -0.15) is 0 Å². The van der Waals surface area contributed by atoms with Crippen LogP contribution in [0.25, 0.3) is 21.3 Å². The van der Waals surface area contributed by atoms with Crippen LogP contribution >= 0.6 is 0 Å². The quantitative estimate of drug-likeness (QED) is 0.118. The topological polar surface area (TPSA) is 178 Å². The van der Waals surface area contributed by atoms with Crippen LogP contribution in [0.4, 0.5) is 0 Å². The number of unbranched alkanes of at least 4 members (excludes halogenated alkanes) is 2. The molecule has 0 radical (unpaired) electrons. The molecule has 0 spiro atoms. The van der Waals surface area contributed by atoms with Gasteiger partial charge >= 0.3 is 0 Å². The van der Waals surface area contributed by atoms with Gasteiger partial charge in [0, 0.05) is 60.9 Å². The molecule has 3 N–H and O–H groups in total. The zero-order valence-corrected chi connectivity index (χ0v) is 28.5. The highest BCUT2D eigenvalue weighted by Gasteiger charge is 2.40. The zero-order valence-electron chi connectivity index (χ0n) is 28.5. The maximum Gasteiger partial charge on any atom is 0.246 e. The first-order valence-corrected chi connectivity index (χ1v) is 17.5. The first-order valence-electron chi connectivity index (χ1n) is 17.5. The average molecular weight is 663 g/mol. The van der Waals surface area contributed by atoms with Gasteiger partial charge in [0.15, 0.2) is 0 Å². The van der Waals surface area contributed by atoms with E-state index in [-0.39, 0.29) is 36.5 Å². The Labute approximate surface area is 282 Å². The van der Waals surface area contributed by atoms with Crippen molar-refractivity contribution in [1.29, 1.82) is 0 Å². The second-order valence-electron chi connectivity index (χ2n) is 13.1. The van der Waals surface area contributed by atoms with Gasteiger partial charge < -0.3 is 25.4 Å². The smallest absolute Gasteiger partial charge is 0.246 e. The number of azide groups is 1. The van der Waals surface area contributed by atoms with Crippen molar-refractivity contribution in [3.63, 3.8) is 0 Å². The van der Waals surface area contributed by atoms with Crippen LogP contribution in [0.2, 0.25) is 0 Å². The molecule has 0 saturated carbocycles. The minimum Gasteiger partial charge on any atom is -0.347 e. The molecule has 1 aromatic carbocycles. The van der Waals surface area contributed by atoms with E-state index in [1.807, 2.05) is 55.8 Å². The van der Waals surface area contributed by atoms with Crippen molar-refractivity contribution in [2.45, 2.75) is 122 Å². The molecule has 2 aromatic rings. The predicted molar refractivity (Wildman–Crippen MR) is 183 cm³/mol. The van der Waals surface area contributed by atoms with Gasteiger partial charge in [0.05, 0.1) is 0 Å². The summed E-state index contributed by atoms with van der Waals surface area (Å²) in [6.07, 6.45) is 8.02. The van der Waals surface area contributed by atoms with Crippen molar-refractivity contribution >= 4 is 40.3 Å². The highest BCUT2D eigenvalue weighted by molar-refractivity contribution is 5.98. The van der Waals surface area contributed by atoms with E-state index in [1.165, 1.54) is 0 Å². The van der Waals surface area contributed by atoms with Crippen LogP contribution in [-0.4, -0.2) is 76.1 Å². The fourth-order valence-electron chi connectivity index (χ4n) is 6.71. The van der Waals surface area contributed by atoms with E-state index in [9.17, 15) is 24.0 Å². The predicted octanol–water partition coefficient (Wildman–Crippen LogP) is 4.32. The van der Waals surface area contributed by atoms with Crippen molar-refractivity contribution in [2.24, 2.45) is 11.0 Å². The molecule has 2 aliphatic heterocycles. The van der Waals surface area contributed by atoms with E-state index in [4.69, 9.17) is 5.53 Å². The zero-order chi connectivity index (χ0) is 34.6. The second kappa shape index (κ2) is 17.7. The van der Waals surface area contributed by atoms with E-state index in [1.54, 1.807) is 4.90 Å². The molecule has 13 heteroatoms. The lowest BCUT2D eigenvalue weighted by Crippen LogP contribution is -2.64. The van der Waals surface area contributed by atoms with Crippen LogP contribution in [0.15, 0.2) is 35.6 Å². The highest BCUT2D eigenvalue weighted by atomic mass is 16.2. The first kappa shape index (κ1) is 36.5. The lowest BCUT2D eigenvalue weighted by atomic mass is 9.93. The number of ketones is 1. The number of nitrogens with one attached hydrogen (secondary N) is 3. The van der Waals surface area contributed by atoms with Gasteiger partial charge in [0.2, 0.25) is 23.6 Å². The molecule has 260 valence electrons. The van der Waals surface area contributed by atoms with Gasteiger partial charge in [0.25, 0.3) is 0 Å². The van der Waals surface area contributed by atoms with Crippen LogP contribution in [-0.2, 0) is 36.9 Å². The second-order valence-corrected chi connectivity index (χ2v) is 13.1. The maximum absolute atomic E-state index is 14.2. The number of nitrogens with zero attached hydrogens (tertiary/aromatic N) is 5. The van der Waals surface area contributed by atoms with Crippen LogP contribution in [0.3, 0.4) is 0 Å². The van der Waals surface area contributed by atoms with Gasteiger partial charge in [-0.25, -0.2) is 0 Å². The number of hydrogen-bond donors (Lipinski definition) is 3. The summed E-state index contributed by atoms with van der Waals surface area (Å²) in [6, 6.07) is 4.16. The van der Waals surface area contributed by atoms with Gasteiger partial charge in [0.1, 0.15) is 30.0 Å². The number of Topliss-reactive ketones (excluding diaryl/α,β-unsaturated/α-hetero) is 1. The van der Waals surface area contributed by atoms with E-state index in [0.717, 1.165) is 35.7 Å². The average Bonchev–Trinajstić information content (AvgIpc) is 3.45. The van der Waals surface area contributed by atoms with Crippen molar-refractivity contribution < 1.29 is 24.0 Å². The molecule has 3 heterocycles. The third kappa shape index (κ3) is 9.15. The number of para-hydroxylation sites is 1. The molecular formula is C35H50N8O5. The molecule has 2 saturated heterocycles. The Balaban J connectivity index is 1.67. The summed E-state index contributed by atoms with van der Waals surface area (Å²) in [5, 5.41) is 13.4. The lowest BCUT2D eigenvalue weighted by Gasteiger charge is -2.39. The van der Waals surface area contributed by atoms with Gasteiger partial charge in [-0.05, 0) is 55.2 Å². The molecule has 0 bridgehead atoms. The van der Waals surface area contributed by atoms with E-state index in [2.05, 4.69) is 26.0 Å². The Morgan fingerprint density at radius 3 is 2.50 bits per heavy atom. The minimum absolute atomic E-state index is 0.139. The Hall–Kier alpha value is -4.38. The molecule has 1 aromatic heterocycles. The number of amides is 4. The van der Waals surface area contributed by atoms with Crippen molar-refractivity contribution in [1.82, 2.24) is 25.4 Å². The third-order valence-electron chi connectivity index (χ3n) is 9.77. The standard InChI is InChI=1S/C35H50N8O5/c1-4-23(3)31-35(48)43-19-12-11-17-30(43)34(47)38-27(15-8-6-7-13-25(44)5-2)32(45)39-28(33(46)40-31)21-24-22-42(20-18-37-41-36)29-16-10-9-14-26(24)29/h9-10,14,16,22-23,27-28,30-31H,4-8,11-13,15,17-21H2,1-3H3,(H,38,47)(H,39,45)(H,40,46)/t23?,27-,28-,30?,31-/m0/s1. The first-order chi connectivity index (χ1) is 23.2. The summed E-state index contributed by atoms with van der Waals surface area (Å²) < 4.78 is 1.96. The molecule has 2 fully saturated rings. The molecule has 48 heavy (non-hydrogen) atoms. The van der Waals surface area contributed by atoms with Crippen LogP contribution in [0.5, 0.6) is 0 Å². The number of carbonyl (C=O) groups is 5. The summed E-state index contributed by atoms with van der Waals surface area (Å²) in [5.74, 6) is -1.59. The van der Waals surface area contributed by atoms with Crippen molar-refractivity contribution in [3.8, 4) is 0 Å². The normalized spacial score (nSPS) is 22.8. The summed E-state index contributed by atoms with van der Waals surface area (Å²) in [6.45, 7) is 6.79. The summed E-state index contributed by atoms with van der Waals surface area (Å²) in [4.78, 5) is 72.2. The number of piperidine rings is 1. The van der Waals surface area contributed by atoms with Gasteiger partial charge in [-0.15, -0.1) is 0 Å². The molecular weight excluding hydrogens is 612 g/mol. The number of fused-ring (bicyclic) bond motifs is 2. The van der Waals surface area contributed by atoms with Crippen molar-refractivity contribution in [3.05, 3.63) is 46.5 Å². The Kier molecular flexibility index (Phi) is 13.4. The number of rotatable bonds is 14. The van der Waals surface area contributed by atoms with E-state index < -0.39 is 36.0 Å². The van der Waals surface area contributed by atoms with Crippen LogP contribution in [0.1, 0.15) is 90.5 Å². The maximum atomic E-state index is 14.2. The Morgan fingerprint density at radius 1 is 1.00 bits per heavy atom. The fourth-order valence-corrected chi connectivity index (χ4v) is 6.71. The molecule has 2 aliphatic rings. The molecule has 5 atom stereocenters. The molecule has 13 nitrogen and oxygen atoms in total. The highest BCUT2D eigenvalue weighted by Crippen LogP contribution is 2.25. The fraction of sp³-hybridized carbons (Fsp3) is 0.629. The van der Waals surface area contributed by atoms with E-state index >= 15 is 0 Å². The summed E-state index contributed by atoms with van der Waals surface area (Å²) in [5.41, 5.74) is 10.5. The van der Waals surface area contributed by atoms with Crippen LogP contribution < -0.4 is 16.0 Å². The molecule has 0 aliphatic carbocycles. The number of aromatic nitrogens is 1. The Bertz CT molecular complexity index is 1520. The summed E-state index contributed by atoms with van der Waals surface area (Å²) >= 11 is 0. The van der Waals surface area contributed by atoms with E-state index in [0.29, 0.717) is 58.0 Å². The molecule has 4 amide bonds. The number of benzene rings is 1. The van der Waals surface area contributed by atoms with Gasteiger partial charge in [-0.3, -0.25) is 24.0 Å². The SMILES string of the molecule is CCC(=O)CCCCC[C@@H]1NC(=O)C2CCCCN2C(=O)[C@H](C(C)CC)NC(=O)[C@H](Cc2cn(CCN=[N+]=[N-])c3ccccc23)NC1=O.